The van der Waals surface area contributed by atoms with Gasteiger partial charge in [0.1, 0.15) is 11.2 Å². The van der Waals surface area contributed by atoms with Crippen molar-refractivity contribution in [2.45, 2.75) is 0 Å². The molecule has 0 unspecified atom stereocenters. The molecule has 0 aliphatic carbocycles. The summed E-state index contributed by atoms with van der Waals surface area (Å²) < 4.78 is 8.66. The van der Waals surface area contributed by atoms with Crippen molar-refractivity contribution >= 4 is 54.6 Å². The van der Waals surface area contributed by atoms with Crippen LogP contribution in [0.2, 0.25) is 0 Å². The highest BCUT2D eigenvalue weighted by molar-refractivity contribution is 6.21. The summed E-state index contributed by atoms with van der Waals surface area (Å²) in [6.07, 6.45) is 1.86. The van der Waals surface area contributed by atoms with Crippen LogP contribution in [0.15, 0.2) is 126 Å². The van der Waals surface area contributed by atoms with Crippen molar-refractivity contribution in [2.24, 2.45) is 0 Å². The average Bonchev–Trinajstić information content (AvgIpc) is 3.48. The molecule has 0 saturated carbocycles. The highest BCUT2D eigenvalue weighted by Gasteiger charge is 2.17. The van der Waals surface area contributed by atoms with E-state index in [9.17, 15) is 0 Å². The Bertz CT molecular complexity index is 2100. The minimum Gasteiger partial charge on any atom is -0.456 e. The first-order valence-corrected chi connectivity index (χ1v) is 12.1. The van der Waals surface area contributed by atoms with E-state index in [-0.39, 0.29) is 0 Å². The fourth-order valence-corrected chi connectivity index (χ4v) is 5.67. The average molecular weight is 461 g/mol. The van der Waals surface area contributed by atoms with Crippen molar-refractivity contribution < 1.29 is 4.42 Å². The normalized spacial score (nSPS) is 11.9. The van der Waals surface area contributed by atoms with Gasteiger partial charge < -0.3 is 8.98 Å². The number of aromatic nitrogens is 2. The molecule has 8 aromatic rings. The predicted molar refractivity (Wildman–Crippen MR) is 149 cm³/mol. The van der Waals surface area contributed by atoms with Gasteiger partial charge >= 0.3 is 0 Å². The fourth-order valence-electron chi connectivity index (χ4n) is 5.67. The molecular formula is C33H20N2O. The Morgan fingerprint density at radius 1 is 0.556 bits per heavy atom. The largest absolute Gasteiger partial charge is 0.456 e. The third-order valence-corrected chi connectivity index (χ3v) is 7.23. The smallest absolute Gasteiger partial charge is 0.138 e. The molecule has 3 heterocycles. The zero-order chi connectivity index (χ0) is 23.6. The fraction of sp³-hybridized carbons (Fsp3) is 0. The van der Waals surface area contributed by atoms with Crippen LogP contribution in [0.1, 0.15) is 0 Å². The molecule has 0 fully saturated rings. The SMILES string of the molecule is c1ccc(-n2c3ccccc3c3ccc(-c4cc5oc6ccccc6c5c5ncccc45)cc32)cc1. The lowest BCUT2D eigenvalue weighted by Crippen LogP contribution is -1.93. The Hall–Kier alpha value is -4.89. The van der Waals surface area contributed by atoms with Crippen molar-refractivity contribution in [3.63, 3.8) is 0 Å². The number of furan rings is 1. The van der Waals surface area contributed by atoms with Gasteiger partial charge in [-0.15, -0.1) is 0 Å². The van der Waals surface area contributed by atoms with Crippen LogP contribution in [-0.2, 0) is 0 Å². The Labute approximate surface area is 206 Å². The molecular weight excluding hydrogens is 440 g/mol. The van der Waals surface area contributed by atoms with Crippen LogP contribution in [-0.4, -0.2) is 9.55 Å². The summed E-state index contributed by atoms with van der Waals surface area (Å²) in [4.78, 5) is 4.81. The van der Waals surface area contributed by atoms with Gasteiger partial charge in [-0.3, -0.25) is 4.98 Å². The van der Waals surface area contributed by atoms with E-state index >= 15 is 0 Å². The third-order valence-electron chi connectivity index (χ3n) is 7.23. The van der Waals surface area contributed by atoms with E-state index in [1.54, 1.807) is 0 Å². The van der Waals surface area contributed by atoms with Crippen molar-refractivity contribution in [2.75, 3.05) is 0 Å². The number of hydrogen-bond acceptors (Lipinski definition) is 2. The number of benzene rings is 5. The van der Waals surface area contributed by atoms with Crippen LogP contribution in [0.4, 0.5) is 0 Å². The Morgan fingerprint density at radius 3 is 2.22 bits per heavy atom. The lowest BCUT2D eigenvalue weighted by Gasteiger charge is -2.10. The zero-order valence-corrected chi connectivity index (χ0v) is 19.3. The van der Waals surface area contributed by atoms with E-state index in [2.05, 4.69) is 102 Å². The molecule has 3 aromatic heterocycles. The summed E-state index contributed by atoms with van der Waals surface area (Å²) in [5.41, 5.74) is 8.52. The first-order chi connectivity index (χ1) is 17.9. The van der Waals surface area contributed by atoms with Crippen LogP contribution in [0.25, 0.3) is 71.5 Å². The van der Waals surface area contributed by atoms with Crippen molar-refractivity contribution in [3.05, 3.63) is 121 Å². The molecule has 0 aliphatic rings. The first-order valence-electron chi connectivity index (χ1n) is 12.1. The van der Waals surface area contributed by atoms with E-state index in [4.69, 9.17) is 9.40 Å². The molecule has 8 rings (SSSR count). The van der Waals surface area contributed by atoms with E-state index in [1.165, 1.54) is 21.8 Å². The van der Waals surface area contributed by atoms with Crippen molar-refractivity contribution in [3.8, 4) is 16.8 Å². The Morgan fingerprint density at radius 2 is 1.31 bits per heavy atom. The van der Waals surface area contributed by atoms with Crippen molar-refractivity contribution in [1.29, 1.82) is 0 Å². The highest BCUT2D eigenvalue weighted by Crippen LogP contribution is 2.41. The molecule has 0 spiro atoms. The van der Waals surface area contributed by atoms with Gasteiger partial charge in [-0.2, -0.15) is 0 Å². The van der Waals surface area contributed by atoms with Crippen molar-refractivity contribution in [1.82, 2.24) is 9.55 Å². The maximum Gasteiger partial charge on any atom is 0.138 e. The molecule has 0 N–H and O–H groups in total. The van der Waals surface area contributed by atoms with Gasteiger partial charge in [-0.1, -0.05) is 72.8 Å². The molecule has 168 valence electrons. The van der Waals surface area contributed by atoms with Gasteiger partial charge in [0.15, 0.2) is 0 Å². The molecule has 0 amide bonds. The van der Waals surface area contributed by atoms with Crippen LogP contribution in [0.3, 0.4) is 0 Å². The molecule has 3 heteroatoms. The number of para-hydroxylation sites is 3. The summed E-state index contributed by atoms with van der Waals surface area (Å²) in [7, 11) is 0. The second-order valence-electron chi connectivity index (χ2n) is 9.22. The lowest BCUT2D eigenvalue weighted by molar-refractivity contribution is 0.669. The molecule has 0 saturated heterocycles. The molecule has 5 aromatic carbocycles. The molecule has 3 nitrogen and oxygen atoms in total. The van der Waals surface area contributed by atoms with Crippen LogP contribution in [0, 0.1) is 0 Å². The molecule has 36 heavy (non-hydrogen) atoms. The topological polar surface area (TPSA) is 31.0 Å². The standard InChI is InChI=1S/C33H20N2O/c1-2-9-22(10-3-1)35-28-14-6-4-11-23(28)24-17-16-21(19-29(24)35)27-20-31-32(33-25(27)13-8-18-34-33)26-12-5-7-15-30(26)36-31/h1-20H. The van der Waals surface area contributed by atoms with Gasteiger partial charge in [0.05, 0.1) is 21.9 Å². The summed E-state index contributed by atoms with van der Waals surface area (Å²) >= 11 is 0. The van der Waals surface area contributed by atoms with E-state index in [0.717, 1.165) is 49.7 Å². The minimum absolute atomic E-state index is 0.862. The van der Waals surface area contributed by atoms with Gasteiger partial charge in [0.2, 0.25) is 0 Å². The first kappa shape index (κ1) is 19.4. The summed E-state index contributed by atoms with van der Waals surface area (Å²) in [6.45, 7) is 0. The van der Waals surface area contributed by atoms with Crippen LogP contribution < -0.4 is 0 Å². The zero-order valence-electron chi connectivity index (χ0n) is 19.3. The maximum atomic E-state index is 6.31. The monoisotopic (exact) mass is 460 g/mol. The number of fused-ring (bicyclic) bond motifs is 8. The Kier molecular flexibility index (Phi) is 3.94. The van der Waals surface area contributed by atoms with Crippen LogP contribution >= 0.6 is 0 Å². The minimum atomic E-state index is 0.862. The van der Waals surface area contributed by atoms with Gasteiger partial charge in [0, 0.05) is 33.4 Å². The summed E-state index contributed by atoms with van der Waals surface area (Å²) in [6, 6.07) is 40.5. The predicted octanol–water partition coefficient (Wildman–Crippen LogP) is 8.90. The van der Waals surface area contributed by atoms with E-state index in [1.807, 2.05) is 24.4 Å². The molecule has 0 aliphatic heterocycles. The molecule has 0 bridgehead atoms. The van der Waals surface area contributed by atoms with Crippen LogP contribution in [0.5, 0.6) is 0 Å². The number of rotatable bonds is 2. The Balaban J connectivity index is 1.48. The summed E-state index contributed by atoms with van der Waals surface area (Å²) in [5.74, 6) is 0. The number of pyridine rings is 1. The second kappa shape index (κ2) is 7.30. The quantitative estimate of drug-likeness (QED) is 0.258. The van der Waals surface area contributed by atoms with Gasteiger partial charge in [0.25, 0.3) is 0 Å². The maximum absolute atomic E-state index is 6.31. The highest BCUT2D eigenvalue weighted by atomic mass is 16.3. The summed E-state index contributed by atoms with van der Waals surface area (Å²) in [5, 5.41) is 5.79. The van der Waals surface area contributed by atoms with Gasteiger partial charge in [-0.25, -0.2) is 0 Å². The molecule has 0 radical (unpaired) electrons. The third kappa shape index (κ3) is 2.65. The lowest BCUT2D eigenvalue weighted by atomic mass is 9.97. The van der Waals surface area contributed by atoms with E-state index in [0.29, 0.717) is 0 Å². The number of nitrogens with zero attached hydrogens (tertiary/aromatic N) is 2. The second-order valence-corrected chi connectivity index (χ2v) is 9.22. The van der Waals surface area contributed by atoms with Gasteiger partial charge in [-0.05, 0) is 53.6 Å². The van der Waals surface area contributed by atoms with E-state index < -0.39 is 0 Å². The number of hydrogen-bond donors (Lipinski definition) is 0. The molecule has 0 atom stereocenters.